The molecule has 1 aromatic rings. The number of rotatable bonds is 7. The van der Waals surface area contributed by atoms with Crippen molar-refractivity contribution in [1.29, 1.82) is 0 Å². The van der Waals surface area contributed by atoms with Gasteiger partial charge in [0.25, 0.3) is 5.91 Å². The Morgan fingerprint density at radius 2 is 1.91 bits per heavy atom. The first-order chi connectivity index (χ1) is 10.3. The van der Waals surface area contributed by atoms with Crippen molar-refractivity contribution >= 4 is 11.9 Å². The number of esters is 1. The van der Waals surface area contributed by atoms with Crippen LogP contribution in [0, 0.1) is 17.7 Å². The normalized spacial score (nSPS) is 13.5. The third kappa shape index (κ3) is 6.24. The predicted molar refractivity (Wildman–Crippen MR) is 82.7 cm³/mol. The highest BCUT2D eigenvalue weighted by atomic mass is 19.1. The molecule has 0 aliphatic heterocycles. The number of hydrogen-bond acceptors (Lipinski definition) is 3. The van der Waals surface area contributed by atoms with Crippen LogP contribution in [0.1, 0.15) is 33.3 Å². The highest BCUT2D eigenvalue weighted by molar-refractivity contribution is 5.83. The fourth-order valence-corrected chi connectivity index (χ4v) is 1.89. The van der Waals surface area contributed by atoms with Gasteiger partial charge in [0.1, 0.15) is 5.82 Å². The molecule has 0 radical (unpaired) electrons. The van der Waals surface area contributed by atoms with Crippen molar-refractivity contribution in [2.24, 2.45) is 11.8 Å². The molecule has 0 aliphatic rings. The van der Waals surface area contributed by atoms with Gasteiger partial charge in [0.15, 0.2) is 6.10 Å². The highest BCUT2D eigenvalue weighted by Gasteiger charge is 2.22. The predicted octanol–water partition coefficient (Wildman–Crippen LogP) is 2.71. The summed E-state index contributed by atoms with van der Waals surface area (Å²) in [5, 5.41) is 2.72. The van der Waals surface area contributed by atoms with Gasteiger partial charge >= 0.3 is 5.97 Å². The summed E-state index contributed by atoms with van der Waals surface area (Å²) in [6.45, 7) is 7.75. The van der Waals surface area contributed by atoms with Gasteiger partial charge in [-0.2, -0.15) is 0 Å². The quantitative estimate of drug-likeness (QED) is 0.788. The fourth-order valence-electron chi connectivity index (χ4n) is 1.89. The standard InChI is InChI=1S/C17H24FNO3/c1-11(2)10-19-16(20)13(4)22-17(21)12(3)8-14-6-5-7-15(18)9-14/h5-7,9,11-13H,8,10H2,1-4H3,(H,19,20). The maximum absolute atomic E-state index is 13.1. The monoisotopic (exact) mass is 309 g/mol. The number of amides is 1. The topological polar surface area (TPSA) is 55.4 Å². The second-order valence-corrected chi connectivity index (χ2v) is 5.95. The van der Waals surface area contributed by atoms with Crippen molar-refractivity contribution in [1.82, 2.24) is 5.32 Å². The van der Waals surface area contributed by atoms with E-state index in [-0.39, 0.29) is 11.7 Å². The number of nitrogens with one attached hydrogen (secondary N) is 1. The summed E-state index contributed by atoms with van der Waals surface area (Å²) < 4.78 is 18.3. The van der Waals surface area contributed by atoms with Crippen molar-refractivity contribution in [3.05, 3.63) is 35.6 Å². The number of benzene rings is 1. The summed E-state index contributed by atoms with van der Waals surface area (Å²) >= 11 is 0. The maximum Gasteiger partial charge on any atom is 0.309 e. The van der Waals surface area contributed by atoms with E-state index in [1.54, 1.807) is 26.0 Å². The van der Waals surface area contributed by atoms with E-state index < -0.39 is 18.0 Å². The Labute approximate surface area is 131 Å². The Balaban J connectivity index is 2.48. The van der Waals surface area contributed by atoms with Crippen LogP contribution in [0.4, 0.5) is 4.39 Å². The molecule has 0 aromatic heterocycles. The Kier molecular flexibility index (Phi) is 7.02. The lowest BCUT2D eigenvalue weighted by Gasteiger charge is -2.17. The van der Waals surface area contributed by atoms with Crippen molar-refractivity contribution in [2.45, 2.75) is 40.2 Å². The molecule has 0 spiro atoms. The van der Waals surface area contributed by atoms with Gasteiger partial charge in [0.05, 0.1) is 5.92 Å². The molecule has 2 atom stereocenters. The van der Waals surface area contributed by atoms with Crippen LogP contribution in [-0.2, 0) is 20.7 Å². The Morgan fingerprint density at radius 1 is 1.23 bits per heavy atom. The summed E-state index contributed by atoms with van der Waals surface area (Å²) in [7, 11) is 0. The lowest BCUT2D eigenvalue weighted by Crippen LogP contribution is -2.38. The third-order valence-electron chi connectivity index (χ3n) is 3.18. The molecule has 1 rings (SSSR count). The summed E-state index contributed by atoms with van der Waals surface area (Å²) in [4.78, 5) is 23.8. The molecule has 1 aromatic carbocycles. The zero-order chi connectivity index (χ0) is 16.7. The van der Waals surface area contributed by atoms with Gasteiger partial charge in [0, 0.05) is 6.54 Å². The van der Waals surface area contributed by atoms with E-state index in [0.29, 0.717) is 18.9 Å². The number of ether oxygens (including phenoxy) is 1. The first kappa shape index (κ1) is 18.1. The smallest absolute Gasteiger partial charge is 0.309 e. The van der Waals surface area contributed by atoms with Crippen LogP contribution < -0.4 is 5.32 Å². The highest BCUT2D eigenvalue weighted by Crippen LogP contribution is 2.12. The molecular formula is C17H24FNO3. The van der Waals surface area contributed by atoms with Crippen LogP contribution in [0.2, 0.25) is 0 Å². The molecule has 1 N–H and O–H groups in total. The molecule has 0 heterocycles. The number of halogens is 1. The molecule has 0 saturated heterocycles. The molecule has 0 fully saturated rings. The van der Waals surface area contributed by atoms with E-state index in [0.717, 1.165) is 5.56 Å². The lowest BCUT2D eigenvalue weighted by atomic mass is 10.0. The van der Waals surface area contributed by atoms with Crippen molar-refractivity contribution < 1.29 is 18.7 Å². The van der Waals surface area contributed by atoms with Crippen LogP contribution in [-0.4, -0.2) is 24.5 Å². The Bertz CT molecular complexity index is 516. The first-order valence-electron chi connectivity index (χ1n) is 7.52. The van der Waals surface area contributed by atoms with Crippen LogP contribution in [0.25, 0.3) is 0 Å². The second kappa shape index (κ2) is 8.51. The summed E-state index contributed by atoms with van der Waals surface area (Å²) in [6.07, 6.45) is -0.460. The zero-order valence-electron chi connectivity index (χ0n) is 13.6. The van der Waals surface area contributed by atoms with Gasteiger partial charge in [-0.15, -0.1) is 0 Å². The van der Waals surface area contributed by atoms with Crippen LogP contribution >= 0.6 is 0 Å². The van der Waals surface area contributed by atoms with E-state index >= 15 is 0 Å². The molecular weight excluding hydrogens is 285 g/mol. The van der Waals surface area contributed by atoms with Crippen molar-refractivity contribution in [3.8, 4) is 0 Å². The molecule has 122 valence electrons. The second-order valence-electron chi connectivity index (χ2n) is 5.95. The number of carbonyl (C=O) groups is 2. The summed E-state index contributed by atoms with van der Waals surface area (Å²) in [5.74, 6) is -1.21. The van der Waals surface area contributed by atoms with E-state index in [1.165, 1.54) is 12.1 Å². The van der Waals surface area contributed by atoms with E-state index in [1.807, 2.05) is 13.8 Å². The molecule has 0 aliphatic carbocycles. The molecule has 1 amide bonds. The van der Waals surface area contributed by atoms with Gasteiger partial charge < -0.3 is 10.1 Å². The average Bonchev–Trinajstić information content (AvgIpc) is 2.44. The minimum atomic E-state index is -0.832. The van der Waals surface area contributed by atoms with E-state index in [4.69, 9.17) is 4.74 Å². The molecule has 2 unspecified atom stereocenters. The van der Waals surface area contributed by atoms with Crippen molar-refractivity contribution in [3.63, 3.8) is 0 Å². The summed E-state index contributed by atoms with van der Waals surface area (Å²) in [6, 6.07) is 6.10. The van der Waals surface area contributed by atoms with E-state index in [9.17, 15) is 14.0 Å². The lowest BCUT2D eigenvalue weighted by molar-refractivity contribution is -0.158. The Hall–Kier alpha value is -1.91. The molecule has 4 nitrogen and oxygen atoms in total. The van der Waals surface area contributed by atoms with Gasteiger partial charge in [-0.1, -0.05) is 32.9 Å². The average molecular weight is 309 g/mol. The van der Waals surface area contributed by atoms with Crippen LogP contribution in [0.3, 0.4) is 0 Å². The molecule has 5 heteroatoms. The minimum absolute atomic E-state index is 0.306. The maximum atomic E-state index is 13.1. The van der Waals surface area contributed by atoms with Crippen LogP contribution in [0.15, 0.2) is 24.3 Å². The summed E-state index contributed by atoms with van der Waals surface area (Å²) in [5.41, 5.74) is 0.723. The molecule has 0 saturated carbocycles. The number of hydrogen-bond donors (Lipinski definition) is 1. The van der Waals surface area contributed by atoms with Gasteiger partial charge in [-0.05, 0) is 37.0 Å². The van der Waals surface area contributed by atoms with Gasteiger partial charge in [-0.25, -0.2) is 4.39 Å². The first-order valence-corrected chi connectivity index (χ1v) is 7.52. The van der Waals surface area contributed by atoms with Gasteiger partial charge in [0.2, 0.25) is 0 Å². The third-order valence-corrected chi connectivity index (χ3v) is 3.18. The molecule has 0 bridgehead atoms. The molecule has 22 heavy (non-hydrogen) atoms. The van der Waals surface area contributed by atoms with E-state index in [2.05, 4.69) is 5.32 Å². The van der Waals surface area contributed by atoms with Crippen molar-refractivity contribution in [2.75, 3.05) is 6.54 Å². The number of carbonyl (C=O) groups excluding carboxylic acids is 2. The Morgan fingerprint density at radius 3 is 2.50 bits per heavy atom. The SMILES string of the molecule is CC(C)CNC(=O)C(C)OC(=O)C(C)Cc1cccc(F)c1. The van der Waals surface area contributed by atoms with Gasteiger partial charge in [-0.3, -0.25) is 9.59 Å². The minimum Gasteiger partial charge on any atom is -0.452 e. The zero-order valence-corrected chi connectivity index (χ0v) is 13.6. The fraction of sp³-hybridized carbons (Fsp3) is 0.529. The largest absolute Gasteiger partial charge is 0.452 e. The van der Waals surface area contributed by atoms with Crippen LogP contribution in [0.5, 0.6) is 0 Å².